The van der Waals surface area contributed by atoms with Crippen LogP contribution in [0.3, 0.4) is 0 Å². The summed E-state index contributed by atoms with van der Waals surface area (Å²) in [5, 5.41) is 2.78. The van der Waals surface area contributed by atoms with Crippen LogP contribution in [0.2, 0.25) is 0 Å². The number of hydrogen-bond donors (Lipinski definition) is 1. The summed E-state index contributed by atoms with van der Waals surface area (Å²) in [7, 11) is 1.83. The van der Waals surface area contributed by atoms with Crippen molar-refractivity contribution in [2.45, 2.75) is 40.5 Å². The van der Waals surface area contributed by atoms with E-state index in [4.69, 9.17) is 0 Å². The van der Waals surface area contributed by atoms with Gasteiger partial charge in [0.05, 0.1) is 5.69 Å². The van der Waals surface area contributed by atoms with Crippen molar-refractivity contribution in [3.63, 3.8) is 0 Å². The molecule has 0 spiro atoms. The summed E-state index contributed by atoms with van der Waals surface area (Å²) in [6, 6.07) is 11.7. The number of nitrogens with zero attached hydrogens (tertiary/aromatic N) is 4. The van der Waals surface area contributed by atoms with Gasteiger partial charge in [0.15, 0.2) is 0 Å². The molecule has 0 atom stereocenters. The number of amides is 1. The molecule has 1 aromatic carbocycles. The highest BCUT2D eigenvalue weighted by Crippen LogP contribution is 2.26. The number of Topliss-reactive ketones (excluding diaryl/α,β-unsaturated/α-hetero) is 1. The number of benzene rings is 1. The van der Waals surface area contributed by atoms with Crippen molar-refractivity contribution >= 4 is 28.9 Å². The third-order valence-corrected chi connectivity index (χ3v) is 7.06. The number of ketones is 1. The largest absolute Gasteiger partial charge is 0.368 e. The number of pyridine rings is 1. The Labute approximate surface area is 207 Å². The summed E-state index contributed by atoms with van der Waals surface area (Å²) < 4.78 is 1.80. The number of nitrogens with one attached hydrogen (secondary N) is 1. The molecule has 0 bridgehead atoms. The topological polar surface area (TPSA) is 70.5 Å². The Morgan fingerprint density at radius 3 is 2.20 bits per heavy atom. The van der Waals surface area contributed by atoms with Gasteiger partial charge < -0.3 is 19.7 Å². The summed E-state index contributed by atoms with van der Waals surface area (Å²) >= 11 is 0. The Balaban J connectivity index is 1.39. The van der Waals surface area contributed by atoms with Gasteiger partial charge in [-0.05, 0) is 79.8 Å². The molecular formula is C28H35N5O2. The number of aryl methyl sites for hydroxylation is 2. The van der Waals surface area contributed by atoms with Crippen LogP contribution in [0.5, 0.6) is 0 Å². The Morgan fingerprint density at radius 1 is 0.943 bits per heavy atom. The van der Waals surface area contributed by atoms with E-state index in [0.717, 1.165) is 48.9 Å². The lowest BCUT2D eigenvalue weighted by atomic mass is 10.0. The first-order valence-corrected chi connectivity index (χ1v) is 12.2. The molecule has 1 N–H and O–H groups in total. The average Bonchev–Trinajstić information content (AvgIpc) is 3.15. The molecule has 7 nitrogen and oxygen atoms in total. The molecule has 0 aliphatic carbocycles. The predicted octanol–water partition coefficient (Wildman–Crippen LogP) is 4.62. The number of piperazine rings is 1. The van der Waals surface area contributed by atoms with Gasteiger partial charge in [-0.15, -0.1) is 0 Å². The van der Waals surface area contributed by atoms with Gasteiger partial charge in [-0.3, -0.25) is 9.59 Å². The first-order chi connectivity index (χ1) is 16.7. The Morgan fingerprint density at radius 2 is 1.57 bits per heavy atom. The highest BCUT2D eigenvalue weighted by atomic mass is 16.2. The van der Waals surface area contributed by atoms with Crippen molar-refractivity contribution in [1.29, 1.82) is 0 Å². The molecule has 1 saturated heterocycles. The van der Waals surface area contributed by atoms with E-state index in [1.54, 1.807) is 4.57 Å². The van der Waals surface area contributed by atoms with Crippen LogP contribution in [0.25, 0.3) is 0 Å². The van der Waals surface area contributed by atoms with E-state index in [-0.39, 0.29) is 5.92 Å². The fourth-order valence-electron chi connectivity index (χ4n) is 4.65. The van der Waals surface area contributed by atoms with Crippen LogP contribution in [0.1, 0.15) is 52.6 Å². The van der Waals surface area contributed by atoms with E-state index in [9.17, 15) is 9.59 Å². The highest BCUT2D eigenvalue weighted by molar-refractivity contribution is 6.46. The number of carbonyl (C=O) groups is 2. The summed E-state index contributed by atoms with van der Waals surface area (Å²) in [4.78, 5) is 35.0. The molecule has 1 fully saturated rings. The van der Waals surface area contributed by atoms with E-state index < -0.39 is 11.7 Å². The van der Waals surface area contributed by atoms with Gasteiger partial charge in [-0.2, -0.15) is 0 Å². The molecule has 3 heterocycles. The zero-order chi connectivity index (χ0) is 25.3. The second kappa shape index (κ2) is 9.94. The zero-order valence-electron chi connectivity index (χ0n) is 21.6. The van der Waals surface area contributed by atoms with Gasteiger partial charge in [-0.1, -0.05) is 13.8 Å². The fourth-order valence-corrected chi connectivity index (χ4v) is 4.65. The molecule has 1 amide bonds. The lowest BCUT2D eigenvalue weighted by Gasteiger charge is -2.37. The smallest absolute Gasteiger partial charge is 0.298 e. The number of hydrogen-bond acceptors (Lipinski definition) is 5. The average molecular weight is 474 g/mol. The second-order valence-corrected chi connectivity index (χ2v) is 9.68. The molecule has 0 unspecified atom stereocenters. The van der Waals surface area contributed by atoms with Crippen LogP contribution in [0.4, 0.5) is 17.2 Å². The van der Waals surface area contributed by atoms with Gasteiger partial charge >= 0.3 is 0 Å². The highest BCUT2D eigenvalue weighted by Gasteiger charge is 2.26. The van der Waals surface area contributed by atoms with Crippen LogP contribution in [-0.4, -0.2) is 47.4 Å². The molecule has 35 heavy (non-hydrogen) atoms. The fraction of sp³-hybridized carbons (Fsp3) is 0.393. The molecule has 0 saturated carbocycles. The minimum absolute atomic E-state index is 0.159. The molecule has 2 aromatic heterocycles. The third-order valence-electron chi connectivity index (χ3n) is 7.06. The van der Waals surface area contributed by atoms with E-state index in [2.05, 4.69) is 33.9 Å². The molecule has 0 radical (unpaired) electrons. The molecule has 184 valence electrons. The number of anilines is 3. The van der Waals surface area contributed by atoms with Crippen LogP contribution in [0, 0.1) is 20.8 Å². The van der Waals surface area contributed by atoms with Crippen molar-refractivity contribution < 1.29 is 9.59 Å². The van der Waals surface area contributed by atoms with Crippen LogP contribution < -0.4 is 15.1 Å². The van der Waals surface area contributed by atoms with Crippen LogP contribution >= 0.6 is 0 Å². The maximum absolute atomic E-state index is 13.0. The molecular weight excluding hydrogens is 438 g/mol. The van der Waals surface area contributed by atoms with Gasteiger partial charge in [0.1, 0.15) is 5.82 Å². The van der Waals surface area contributed by atoms with Crippen LogP contribution in [0.15, 0.2) is 42.6 Å². The van der Waals surface area contributed by atoms with Crippen molar-refractivity contribution in [2.75, 3.05) is 41.3 Å². The molecule has 3 aromatic rings. The lowest BCUT2D eigenvalue weighted by Crippen LogP contribution is -2.47. The first-order valence-electron chi connectivity index (χ1n) is 12.2. The van der Waals surface area contributed by atoms with Crippen molar-refractivity contribution in [2.24, 2.45) is 7.05 Å². The maximum atomic E-state index is 13.0. The van der Waals surface area contributed by atoms with Gasteiger partial charge in [0, 0.05) is 56.5 Å². The lowest BCUT2D eigenvalue weighted by molar-refractivity contribution is -0.112. The maximum Gasteiger partial charge on any atom is 0.298 e. The third kappa shape index (κ3) is 4.94. The number of rotatable bonds is 6. The van der Waals surface area contributed by atoms with Gasteiger partial charge in [0.25, 0.3) is 11.7 Å². The molecule has 1 aliphatic rings. The van der Waals surface area contributed by atoms with E-state index >= 15 is 0 Å². The van der Waals surface area contributed by atoms with Crippen molar-refractivity contribution in [1.82, 2.24) is 9.55 Å². The Bertz CT molecular complexity index is 1230. The van der Waals surface area contributed by atoms with E-state index in [1.165, 1.54) is 11.1 Å². The van der Waals surface area contributed by atoms with E-state index in [1.807, 2.05) is 70.4 Å². The van der Waals surface area contributed by atoms with E-state index in [0.29, 0.717) is 11.4 Å². The summed E-state index contributed by atoms with van der Waals surface area (Å²) in [5.41, 5.74) is 6.53. The summed E-state index contributed by atoms with van der Waals surface area (Å²) in [6.07, 6.45) is 1.88. The van der Waals surface area contributed by atoms with Crippen LogP contribution in [-0.2, 0) is 11.8 Å². The van der Waals surface area contributed by atoms with Gasteiger partial charge in [0.2, 0.25) is 0 Å². The monoisotopic (exact) mass is 473 g/mol. The second-order valence-electron chi connectivity index (χ2n) is 9.68. The Kier molecular flexibility index (Phi) is 6.96. The summed E-state index contributed by atoms with van der Waals surface area (Å²) in [6.45, 7) is 13.8. The predicted molar refractivity (Wildman–Crippen MR) is 142 cm³/mol. The minimum Gasteiger partial charge on any atom is -0.368 e. The Hall–Kier alpha value is -3.61. The zero-order valence-corrected chi connectivity index (χ0v) is 21.6. The number of aromatic nitrogens is 2. The summed E-state index contributed by atoms with van der Waals surface area (Å²) in [5.74, 6) is 0.105. The quantitative estimate of drug-likeness (QED) is 0.418. The molecule has 1 aliphatic heterocycles. The standard InChI is InChI=1S/C28H35N5O2/c1-18(2)24-17-20(4)31(6)25(24)26(34)28(35)30-22-7-9-23(10-8-22)32-13-15-33(16-14-32)27-21(5)19(3)11-12-29-27/h7-12,17-18H,13-16H2,1-6H3,(H,30,35). The van der Waals surface area contributed by atoms with Gasteiger partial charge in [-0.25, -0.2) is 4.98 Å². The normalized spacial score (nSPS) is 13.9. The van der Waals surface area contributed by atoms with Crippen molar-refractivity contribution in [3.8, 4) is 0 Å². The number of carbonyl (C=O) groups excluding carboxylic acids is 2. The minimum atomic E-state index is -0.615. The molecule has 4 rings (SSSR count). The van der Waals surface area contributed by atoms with Crippen molar-refractivity contribution in [3.05, 3.63) is 70.7 Å². The first kappa shape index (κ1) is 24.5. The molecule has 7 heteroatoms. The SMILES string of the molecule is Cc1ccnc(N2CCN(c3ccc(NC(=O)C(=O)c4c(C(C)C)cc(C)n4C)cc3)CC2)c1C.